The van der Waals surface area contributed by atoms with Crippen LogP contribution >= 0.6 is 0 Å². The summed E-state index contributed by atoms with van der Waals surface area (Å²) in [4.78, 5) is 35.4. The third kappa shape index (κ3) is 3.21. The summed E-state index contributed by atoms with van der Waals surface area (Å²) < 4.78 is 10.3. The normalized spacial score (nSPS) is 32.8. The van der Waals surface area contributed by atoms with Gasteiger partial charge in [-0.3, -0.25) is 4.79 Å². The van der Waals surface area contributed by atoms with Crippen LogP contribution < -0.4 is 5.73 Å². The molecular formula is C16H21NO5. The van der Waals surface area contributed by atoms with E-state index in [1.807, 2.05) is 19.9 Å². The number of fused-ring (bicyclic) bond motifs is 1. The van der Waals surface area contributed by atoms with Crippen LogP contribution in [0.15, 0.2) is 23.8 Å². The van der Waals surface area contributed by atoms with Gasteiger partial charge in [0.2, 0.25) is 0 Å². The van der Waals surface area contributed by atoms with Crippen molar-refractivity contribution in [3.63, 3.8) is 0 Å². The fraction of sp³-hybridized carbons (Fsp3) is 0.562. The number of nitrogens with two attached hydrogens (primary N) is 1. The summed E-state index contributed by atoms with van der Waals surface area (Å²) in [6, 6.07) is 0. The first-order valence-corrected chi connectivity index (χ1v) is 7.37. The van der Waals surface area contributed by atoms with Gasteiger partial charge in [-0.15, -0.1) is 0 Å². The van der Waals surface area contributed by atoms with Crippen molar-refractivity contribution < 1.29 is 23.9 Å². The third-order valence-electron chi connectivity index (χ3n) is 4.38. The van der Waals surface area contributed by atoms with Crippen LogP contribution in [0, 0.1) is 11.8 Å². The number of esters is 1. The Bertz CT molecular complexity index is 551. The average molecular weight is 307 g/mol. The fourth-order valence-corrected chi connectivity index (χ4v) is 2.94. The topological polar surface area (TPSA) is 95.7 Å². The van der Waals surface area contributed by atoms with E-state index in [1.165, 1.54) is 0 Å². The quantitative estimate of drug-likeness (QED) is 0.453. The lowest BCUT2D eigenvalue weighted by atomic mass is 9.82. The molecule has 1 aliphatic carbocycles. The second-order valence-corrected chi connectivity index (χ2v) is 5.95. The van der Waals surface area contributed by atoms with E-state index in [4.69, 9.17) is 15.2 Å². The number of rotatable bonds is 1. The molecule has 1 fully saturated rings. The first kappa shape index (κ1) is 16.3. The van der Waals surface area contributed by atoms with E-state index < -0.39 is 30.2 Å². The molecular weight excluding hydrogens is 286 g/mol. The zero-order valence-corrected chi connectivity index (χ0v) is 12.8. The smallest absolute Gasteiger partial charge is 0.405 e. The second-order valence-electron chi connectivity index (χ2n) is 5.95. The van der Waals surface area contributed by atoms with Gasteiger partial charge in [0.15, 0.2) is 11.9 Å². The van der Waals surface area contributed by atoms with Crippen LogP contribution in [0.1, 0.15) is 33.1 Å². The zero-order valence-electron chi connectivity index (χ0n) is 12.8. The molecule has 6 heteroatoms. The number of ketones is 1. The van der Waals surface area contributed by atoms with Crippen LogP contribution in [0.5, 0.6) is 0 Å². The van der Waals surface area contributed by atoms with Crippen molar-refractivity contribution in [2.45, 2.75) is 45.3 Å². The summed E-state index contributed by atoms with van der Waals surface area (Å²) in [5.74, 6) is -1.37. The highest BCUT2D eigenvalue weighted by atomic mass is 16.6. The summed E-state index contributed by atoms with van der Waals surface area (Å²) in [7, 11) is 0. The maximum absolute atomic E-state index is 12.5. The number of ether oxygens (including phenoxy) is 2. The Morgan fingerprint density at radius 3 is 2.77 bits per heavy atom. The molecule has 0 unspecified atom stereocenters. The second kappa shape index (κ2) is 6.34. The van der Waals surface area contributed by atoms with Gasteiger partial charge >= 0.3 is 12.1 Å². The predicted octanol–water partition coefficient (Wildman–Crippen LogP) is 1.88. The fourth-order valence-electron chi connectivity index (χ4n) is 2.94. The van der Waals surface area contributed by atoms with Crippen LogP contribution in [0.3, 0.4) is 0 Å². The number of allylic oxidation sites excluding steroid dienone is 1. The average Bonchev–Trinajstić information content (AvgIpc) is 2.72. The molecule has 0 saturated carbocycles. The molecule has 2 N–H and O–H groups in total. The van der Waals surface area contributed by atoms with Gasteiger partial charge in [-0.25, -0.2) is 9.59 Å². The van der Waals surface area contributed by atoms with E-state index in [1.54, 1.807) is 0 Å². The largest absolute Gasteiger partial charge is 0.450 e. The molecule has 120 valence electrons. The molecule has 0 aromatic heterocycles. The van der Waals surface area contributed by atoms with Gasteiger partial charge in [-0.1, -0.05) is 19.6 Å². The maximum atomic E-state index is 12.5. The maximum Gasteiger partial charge on any atom is 0.405 e. The summed E-state index contributed by atoms with van der Waals surface area (Å²) >= 11 is 0. The van der Waals surface area contributed by atoms with Crippen molar-refractivity contribution in [1.82, 2.24) is 0 Å². The Morgan fingerprint density at radius 1 is 1.45 bits per heavy atom. The Hall–Kier alpha value is -2.11. The molecule has 22 heavy (non-hydrogen) atoms. The van der Waals surface area contributed by atoms with E-state index in [-0.39, 0.29) is 23.7 Å². The van der Waals surface area contributed by atoms with Crippen LogP contribution in [0.25, 0.3) is 0 Å². The first-order valence-electron chi connectivity index (χ1n) is 7.37. The number of primary amides is 1. The molecule has 0 aromatic rings. The summed E-state index contributed by atoms with van der Waals surface area (Å²) in [6.07, 6.45) is 1.22. The monoisotopic (exact) mass is 307 g/mol. The van der Waals surface area contributed by atoms with E-state index >= 15 is 0 Å². The molecule has 0 aromatic carbocycles. The van der Waals surface area contributed by atoms with E-state index in [0.29, 0.717) is 12.8 Å². The summed E-state index contributed by atoms with van der Waals surface area (Å²) in [6.45, 7) is 7.40. The summed E-state index contributed by atoms with van der Waals surface area (Å²) in [5.41, 5.74) is 6.22. The Labute approximate surface area is 129 Å². The standard InChI is InChI=1S/C16H21NO5/c1-8-5-4-6-9(2)13(18)14-11(10(3)15(19)22-14)7-12(8)21-16(17)20/h5,9,11-12,14H,3-4,6-7H2,1-2H3,(H2,17,20)/t9-,11-,12-,14-/m0/s1. The minimum absolute atomic E-state index is 0.109. The molecule has 6 nitrogen and oxygen atoms in total. The SMILES string of the molecule is C=C1C(=O)O[C@@H]2C(=O)[C@@H](C)CCC=C(C)[C@@H](OC(N)=O)C[C@@H]12. The van der Waals surface area contributed by atoms with Crippen molar-refractivity contribution in [2.24, 2.45) is 17.6 Å². The molecule has 1 amide bonds. The van der Waals surface area contributed by atoms with Gasteiger partial charge in [-0.05, 0) is 31.8 Å². The van der Waals surface area contributed by atoms with E-state index in [9.17, 15) is 14.4 Å². The molecule has 0 bridgehead atoms. The van der Waals surface area contributed by atoms with Crippen molar-refractivity contribution in [3.8, 4) is 0 Å². The highest BCUT2D eigenvalue weighted by Crippen LogP contribution is 2.35. The number of amides is 1. The van der Waals surface area contributed by atoms with Gasteiger partial charge in [0.1, 0.15) is 6.10 Å². The Kier molecular flexibility index (Phi) is 4.68. The van der Waals surface area contributed by atoms with Gasteiger partial charge in [0.05, 0.1) is 0 Å². The Balaban J connectivity index is 2.35. The molecule has 1 aliphatic heterocycles. The minimum atomic E-state index is -0.887. The van der Waals surface area contributed by atoms with Crippen LogP contribution in [-0.4, -0.2) is 30.1 Å². The molecule has 0 spiro atoms. The van der Waals surface area contributed by atoms with Crippen molar-refractivity contribution >= 4 is 17.8 Å². The molecule has 1 heterocycles. The van der Waals surface area contributed by atoms with E-state index in [0.717, 1.165) is 5.57 Å². The van der Waals surface area contributed by atoms with Crippen LogP contribution in [0.4, 0.5) is 4.79 Å². The molecule has 4 atom stereocenters. The van der Waals surface area contributed by atoms with Crippen molar-refractivity contribution in [1.29, 1.82) is 0 Å². The number of hydrogen-bond acceptors (Lipinski definition) is 5. The summed E-state index contributed by atoms with van der Waals surface area (Å²) in [5, 5.41) is 0. The van der Waals surface area contributed by atoms with Crippen molar-refractivity contribution in [2.75, 3.05) is 0 Å². The minimum Gasteiger partial charge on any atom is -0.450 e. The number of Topliss-reactive ketones (excluding diaryl/α,β-unsaturated/α-hetero) is 1. The van der Waals surface area contributed by atoms with Gasteiger partial charge in [0, 0.05) is 17.4 Å². The van der Waals surface area contributed by atoms with E-state index in [2.05, 4.69) is 6.58 Å². The van der Waals surface area contributed by atoms with Gasteiger partial charge in [-0.2, -0.15) is 0 Å². The highest BCUT2D eigenvalue weighted by Gasteiger charge is 2.45. The van der Waals surface area contributed by atoms with Crippen LogP contribution in [-0.2, 0) is 19.1 Å². The molecule has 2 rings (SSSR count). The van der Waals surface area contributed by atoms with Gasteiger partial charge in [0.25, 0.3) is 0 Å². The third-order valence-corrected chi connectivity index (χ3v) is 4.38. The molecule has 1 saturated heterocycles. The number of carbonyl (C=O) groups excluding carboxylic acids is 3. The highest BCUT2D eigenvalue weighted by molar-refractivity contribution is 5.98. The first-order chi connectivity index (χ1) is 10.3. The lowest BCUT2D eigenvalue weighted by molar-refractivity contribution is -0.148. The lowest BCUT2D eigenvalue weighted by Crippen LogP contribution is -2.36. The van der Waals surface area contributed by atoms with Crippen molar-refractivity contribution in [3.05, 3.63) is 23.8 Å². The molecule has 0 radical (unpaired) electrons. The Morgan fingerprint density at radius 2 is 2.14 bits per heavy atom. The van der Waals surface area contributed by atoms with Gasteiger partial charge < -0.3 is 15.2 Å². The number of hydrogen-bond donors (Lipinski definition) is 1. The number of carbonyl (C=O) groups is 3. The lowest BCUT2D eigenvalue weighted by Gasteiger charge is -2.26. The molecule has 2 aliphatic rings. The van der Waals surface area contributed by atoms with Crippen LogP contribution in [0.2, 0.25) is 0 Å². The zero-order chi connectivity index (χ0) is 16.4. The predicted molar refractivity (Wildman–Crippen MR) is 78.7 cm³/mol.